The molecule has 1 aromatic heterocycles. The molecule has 11 heteroatoms. The summed E-state index contributed by atoms with van der Waals surface area (Å²) in [4.78, 5) is 17.1. The van der Waals surface area contributed by atoms with Gasteiger partial charge in [0.1, 0.15) is 0 Å². The van der Waals surface area contributed by atoms with Crippen molar-refractivity contribution < 1.29 is 27.8 Å². The third-order valence-electron chi connectivity index (χ3n) is 6.35. The van der Waals surface area contributed by atoms with Gasteiger partial charge in [-0.25, -0.2) is 5.10 Å². The number of carboxylic acid groups (broad SMARTS) is 1. The van der Waals surface area contributed by atoms with E-state index in [1.165, 1.54) is 0 Å². The molecule has 35 heavy (non-hydrogen) atoms. The Morgan fingerprint density at radius 1 is 1.26 bits per heavy atom. The number of rotatable bonds is 10. The lowest BCUT2D eigenvalue weighted by molar-refractivity contribution is -0.144. The molecular weight excluding hydrogens is 463 g/mol. The normalized spacial score (nSPS) is 19.5. The average Bonchev–Trinajstić information content (AvgIpc) is 3.26. The van der Waals surface area contributed by atoms with Crippen molar-refractivity contribution >= 4 is 23.3 Å². The van der Waals surface area contributed by atoms with Gasteiger partial charge in [-0.1, -0.05) is 26.8 Å². The molecule has 1 saturated carbocycles. The van der Waals surface area contributed by atoms with Crippen LogP contribution in [0.2, 0.25) is 0 Å². The van der Waals surface area contributed by atoms with E-state index < -0.39 is 18.0 Å². The van der Waals surface area contributed by atoms with Crippen LogP contribution in [0.15, 0.2) is 18.2 Å². The van der Waals surface area contributed by atoms with Crippen LogP contribution >= 0.6 is 0 Å². The molecule has 0 amide bonds. The Morgan fingerprint density at radius 3 is 2.49 bits per heavy atom. The first kappa shape index (κ1) is 26.8. The van der Waals surface area contributed by atoms with E-state index >= 15 is 0 Å². The molecule has 2 aromatic rings. The number of alkyl halides is 3. The van der Waals surface area contributed by atoms with Gasteiger partial charge < -0.3 is 20.1 Å². The second-order valence-electron chi connectivity index (χ2n) is 9.62. The highest BCUT2D eigenvalue weighted by Gasteiger charge is 2.36. The largest absolute Gasteiger partial charge is 0.481 e. The van der Waals surface area contributed by atoms with Gasteiger partial charge in [0.15, 0.2) is 0 Å². The van der Waals surface area contributed by atoms with Crippen LogP contribution in [0.1, 0.15) is 70.2 Å². The number of aliphatic carboxylic acids is 1. The smallest absolute Gasteiger partial charge is 0.453 e. The van der Waals surface area contributed by atoms with Gasteiger partial charge >= 0.3 is 12.1 Å². The maximum Gasteiger partial charge on any atom is 0.453 e. The average molecular weight is 498 g/mol. The molecule has 1 heterocycles. The van der Waals surface area contributed by atoms with E-state index in [4.69, 9.17) is 4.74 Å². The highest BCUT2D eigenvalue weighted by molar-refractivity contribution is 5.75. The summed E-state index contributed by atoms with van der Waals surface area (Å²) in [6, 6.07) is 5.85. The highest BCUT2D eigenvalue weighted by atomic mass is 19.4. The zero-order chi connectivity index (χ0) is 25.8. The molecule has 0 unspecified atom stereocenters. The van der Waals surface area contributed by atoms with Crippen LogP contribution in [-0.2, 0) is 15.7 Å². The quantitative estimate of drug-likeness (QED) is 0.395. The van der Waals surface area contributed by atoms with E-state index in [0.29, 0.717) is 11.6 Å². The maximum absolute atomic E-state index is 13.0. The number of halogens is 3. The molecule has 1 aliphatic carbocycles. The van der Waals surface area contributed by atoms with Crippen LogP contribution in [0.5, 0.6) is 0 Å². The number of carbonyl (C=O) groups is 1. The third-order valence-corrected chi connectivity index (χ3v) is 6.35. The number of nitrogens with zero attached hydrogens (tertiary/aromatic N) is 3. The van der Waals surface area contributed by atoms with Crippen molar-refractivity contribution in [2.45, 2.75) is 77.1 Å². The Morgan fingerprint density at radius 2 is 1.94 bits per heavy atom. The van der Waals surface area contributed by atoms with Crippen molar-refractivity contribution in [2.24, 2.45) is 5.92 Å². The van der Waals surface area contributed by atoms with Crippen molar-refractivity contribution in [1.29, 1.82) is 0 Å². The number of ether oxygens (including phenoxy) is 1. The van der Waals surface area contributed by atoms with Gasteiger partial charge in [-0.3, -0.25) is 4.79 Å². The molecule has 0 saturated heterocycles. The number of aromatic nitrogens is 3. The molecular formula is C24H34F3N5O3. The van der Waals surface area contributed by atoms with E-state index in [1.807, 2.05) is 12.1 Å². The number of hydrogen-bond acceptors (Lipinski definition) is 6. The van der Waals surface area contributed by atoms with E-state index in [-0.39, 0.29) is 30.4 Å². The Hall–Kier alpha value is -2.82. The Bertz CT molecular complexity index is 987. The summed E-state index contributed by atoms with van der Waals surface area (Å²) in [5, 5.41) is 17.8. The fourth-order valence-corrected chi connectivity index (χ4v) is 4.59. The summed E-state index contributed by atoms with van der Waals surface area (Å²) in [6.07, 6.45) is -0.757. The van der Waals surface area contributed by atoms with Gasteiger partial charge in [-0.15, -0.1) is 5.10 Å². The summed E-state index contributed by atoms with van der Waals surface area (Å²) in [5.74, 6) is -2.24. The molecule has 0 aliphatic heterocycles. The van der Waals surface area contributed by atoms with Gasteiger partial charge in [0.2, 0.25) is 5.95 Å². The number of methoxy groups -OCH3 is 1. The first-order chi connectivity index (χ1) is 16.5. The van der Waals surface area contributed by atoms with Crippen molar-refractivity contribution in [3.63, 3.8) is 0 Å². The predicted octanol–water partition coefficient (Wildman–Crippen LogP) is 5.57. The standard InChI is InChI=1S/C24H34F3N5O3/c1-14(2)13-32(17-6-8-18(35-4)9-7-17)20-10-5-16(15(3)11-21(33)34)12-19(20)28-23-29-22(30-31-23)24(25,26)27/h5,10,12,14-15,17-18H,6-9,11,13H2,1-4H3,(H,33,34)(H2,28,29,30,31)/t15-,17-,18+/m1/s1. The van der Waals surface area contributed by atoms with Crippen LogP contribution in [0.3, 0.4) is 0 Å². The van der Waals surface area contributed by atoms with Crippen LogP contribution < -0.4 is 10.2 Å². The van der Waals surface area contributed by atoms with E-state index in [1.54, 1.807) is 20.1 Å². The van der Waals surface area contributed by atoms with Crippen molar-refractivity contribution in [2.75, 3.05) is 23.9 Å². The molecule has 0 spiro atoms. The molecule has 8 nitrogen and oxygen atoms in total. The van der Waals surface area contributed by atoms with Gasteiger partial charge in [0.25, 0.3) is 5.82 Å². The summed E-state index contributed by atoms with van der Waals surface area (Å²) in [7, 11) is 1.72. The predicted molar refractivity (Wildman–Crippen MR) is 127 cm³/mol. The van der Waals surface area contributed by atoms with Gasteiger partial charge in [-0.05, 0) is 55.2 Å². The highest BCUT2D eigenvalue weighted by Crippen LogP contribution is 2.37. The number of H-pyrrole nitrogens is 1. The zero-order valence-electron chi connectivity index (χ0n) is 20.5. The number of hydrogen-bond donors (Lipinski definition) is 3. The Balaban J connectivity index is 1.99. The van der Waals surface area contributed by atoms with Crippen molar-refractivity contribution in [3.8, 4) is 0 Å². The molecule has 194 valence electrons. The lowest BCUT2D eigenvalue weighted by Crippen LogP contribution is -2.41. The minimum atomic E-state index is -4.67. The van der Waals surface area contributed by atoms with Gasteiger partial charge in [0.05, 0.1) is 23.9 Å². The SMILES string of the molecule is CO[C@H]1CC[C@@H](N(CC(C)C)c2ccc([C@H](C)CC(=O)O)cc2Nc2nc(C(F)(F)F)n[nH]2)CC1. The number of aromatic amines is 1. The number of carboxylic acids is 1. The minimum absolute atomic E-state index is 0.0595. The Labute approximate surface area is 203 Å². The maximum atomic E-state index is 13.0. The fraction of sp³-hybridized carbons (Fsp3) is 0.625. The van der Waals surface area contributed by atoms with Gasteiger partial charge in [-0.2, -0.15) is 18.2 Å². The molecule has 3 rings (SSSR count). The van der Waals surface area contributed by atoms with E-state index in [2.05, 4.69) is 39.2 Å². The number of anilines is 3. The molecule has 0 radical (unpaired) electrons. The molecule has 3 N–H and O–H groups in total. The summed E-state index contributed by atoms with van der Waals surface area (Å²) < 4.78 is 44.6. The van der Waals surface area contributed by atoms with Crippen LogP contribution in [0, 0.1) is 5.92 Å². The number of nitrogens with one attached hydrogen (secondary N) is 2. The topological polar surface area (TPSA) is 103 Å². The monoisotopic (exact) mass is 497 g/mol. The van der Waals surface area contributed by atoms with Crippen LogP contribution in [-0.4, -0.2) is 52.1 Å². The van der Waals surface area contributed by atoms with E-state index in [9.17, 15) is 23.1 Å². The van der Waals surface area contributed by atoms with Crippen LogP contribution in [0.4, 0.5) is 30.5 Å². The minimum Gasteiger partial charge on any atom is -0.481 e. The second-order valence-corrected chi connectivity index (χ2v) is 9.62. The molecule has 1 aliphatic rings. The number of benzene rings is 1. The van der Waals surface area contributed by atoms with Gasteiger partial charge in [0, 0.05) is 19.7 Å². The fourth-order valence-electron chi connectivity index (χ4n) is 4.59. The molecule has 1 fully saturated rings. The summed E-state index contributed by atoms with van der Waals surface area (Å²) >= 11 is 0. The van der Waals surface area contributed by atoms with Crippen molar-refractivity contribution in [1.82, 2.24) is 15.2 Å². The van der Waals surface area contributed by atoms with Crippen LogP contribution in [0.25, 0.3) is 0 Å². The molecule has 1 atom stereocenters. The summed E-state index contributed by atoms with van der Waals surface area (Å²) in [5.41, 5.74) is 2.15. The first-order valence-corrected chi connectivity index (χ1v) is 11.9. The summed E-state index contributed by atoms with van der Waals surface area (Å²) in [6.45, 7) is 6.80. The second kappa shape index (κ2) is 11.3. The van der Waals surface area contributed by atoms with Crippen molar-refractivity contribution in [3.05, 3.63) is 29.6 Å². The zero-order valence-corrected chi connectivity index (χ0v) is 20.5. The first-order valence-electron chi connectivity index (χ1n) is 11.9. The lowest BCUT2D eigenvalue weighted by Gasteiger charge is -2.40. The van der Waals surface area contributed by atoms with E-state index in [0.717, 1.165) is 43.5 Å². The lowest BCUT2D eigenvalue weighted by atomic mass is 9.90. The third kappa shape index (κ3) is 7.09. The Kier molecular flexibility index (Phi) is 8.63. The molecule has 1 aromatic carbocycles. The molecule has 0 bridgehead atoms.